The Bertz CT molecular complexity index is 542. The van der Waals surface area contributed by atoms with Crippen molar-refractivity contribution in [3.63, 3.8) is 0 Å². The van der Waals surface area contributed by atoms with Gasteiger partial charge in [0.1, 0.15) is 16.6 Å². The van der Waals surface area contributed by atoms with Crippen LogP contribution < -0.4 is 0 Å². The fourth-order valence-electron chi connectivity index (χ4n) is 1.95. The highest BCUT2D eigenvalue weighted by Gasteiger charge is 2.34. The van der Waals surface area contributed by atoms with E-state index >= 15 is 0 Å². The first-order valence-corrected chi connectivity index (χ1v) is 8.13. The normalized spacial score (nSPS) is 24.0. The third-order valence-electron chi connectivity index (χ3n) is 2.92. The Morgan fingerprint density at radius 1 is 1.55 bits per heavy atom. The van der Waals surface area contributed by atoms with Gasteiger partial charge in [-0.1, -0.05) is 12.2 Å². The van der Waals surface area contributed by atoms with E-state index in [9.17, 15) is 9.59 Å². The lowest BCUT2D eigenvalue weighted by Gasteiger charge is -2.17. The fourth-order valence-corrected chi connectivity index (χ4v) is 4.27. The van der Waals surface area contributed by atoms with E-state index in [1.165, 1.54) is 4.90 Å². The average molecular weight is 330 g/mol. The molecule has 0 radical (unpaired) electrons. The first kappa shape index (κ1) is 15.4. The van der Waals surface area contributed by atoms with Crippen molar-refractivity contribution in [1.82, 2.24) is 9.80 Å². The van der Waals surface area contributed by atoms with Crippen molar-refractivity contribution in [1.29, 1.82) is 0 Å². The molecule has 1 N–H and O–H groups in total. The topological polar surface area (TPSA) is 60.9 Å². The van der Waals surface area contributed by atoms with Crippen molar-refractivity contribution in [2.45, 2.75) is 6.92 Å². The number of carboxylic acid groups (broad SMARTS) is 1. The van der Waals surface area contributed by atoms with E-state index < -0.39 is 5.97 Å². The maximum absolute atomic E-state index is 12.0. The molecule has 20 heavy (non-hydrogen) atoms. The third-order valence-corrected chi connectivity index (χ3v) is 5.28. The molecule has 0 saturated carbocycles. The number of allylic oxidation sites excluding steroid dienone is 2. The number of hydrogen-bond acceptors (Lipinski definition) is 6. The maximum atomic E-state index is 12.0. The molecule has 0 aliphatic carbocycles. The van der Waals surface area contributed by atoms with Gasteiger partial charge in [0.25, 0.3) is 0 Å². The summed E-state index contributed by atoms with van der Waals surface area (Å²) in [5, 5.41) is 9.83. The molecule has 0 aromatic carbocycles. The smallest absolute Gasteiger partial charge is 0.323 e. The highest BCUT2D eigenvalue weighted by Crippen LogP contribution is 2.33. The zero-order valence-corrected chi connectivity index (χ0v) is 13.5. The quantitative estimate of drug-likeness (QED) is 0.620. The van der Waals surface area contributed by atoms with Gasteiger partial charge in [-0.15, -0.1) is 11.8 Å². The Hall–Kier alpha value is -0.990. The van der Waals surface area contributed by atoms with Crippen molar-refractivity contribution in [2.75, 3.05) is 25.9 Å². The van der Waals surface area contributed by atoms with Crippen LogP contribution in [0.25, 0.3) is 0 Å². The molecule has 0 aromatic heterocycles. The summed E-state index contributed by atoms with van der Waals surface area (Å²) < 4.78 is 0.303. The van der Waals surface area contributed by atoms with Crippen molar-refractivity contribution in [3.8, 4) is 0 Å². The van der Waals surface area contributed by atoms with E-state index in [0.29, 0.717) is 10.0 Å². The second-order valence-electron chi connectivity index (χ2n) is 4.42. The van der Waals surface area contributed by atoms with Gasteiger partial charge in [-0.05, 0) is 30.3 Å². The maximum Gasteiger partial charge on any atom is 0.323 e. The highest BCUT2D eigenvalue weighted by molar-refractivity contribution is 8.33. The molecule has 0 aromatic rings. The van der Waals surface area contributed by atoms with E-state index in [0.717, 1.165) is 34.7 Å². The first-order valence-electron chi connectivity index (χ1n) is 5.92. The molecule has 2 rings (SSSR count). The van der Waals surface area contributed by atoms with Crippen LogP contribution in [0.3, 0.4) is 0 Å². The molecule has 2 aliphatic heterocycles. The largest absolute Gasteiger partial charge is 0.480 e. The van der Waals surface area contributed by atoms with Gasteiger partial charge in [-0.3, -0.25) is 9.59 Å². The molecule has 0 unspecified atom stereocenters. The molecule has 8 heteroatoms. The number of rotatable bonds is 3. The SMILES string of the molecule is C/C(C=C1SCCN1C)=C1\C(=O)SC(=S)N1CC(=O)O. The molecule has 2 saturated heterocycles. The minimum absolute atomic E-state index is 0.184. The Morgan fingerprint density at radius 3 is 2.80 bits per heavy atom. The van der Waals surface area contributed by atoms with Crippen LogP contribution in [0.4, 0.5) is 0 Å². The minimum Gasteiger partial charge on any atom is -0.480 e. The molecule has 5 nitrogen and oxygen atoms in total. The Balaban J connectivity index is 2.35. The lowest BCUT2D eigenvalue weighted by Crippen LogP contribution is -2.29. The van der Waals surface area contributed by atoms with Crippen LogP contribution in [0.15, 0.2) is 22.4 Å². The average Bonchev–Trinajstić information content (AvgIpc) is 2.84. The van der Waals surface area contributed by atoms with Crippen molar-refractivity contribution < 1.29 is 14.7 Å². The van der Waals surface area contributed by atoms with Gasteiger partial charge >= 0.3 is 5.97 Å². The summed E-state index contributed by atoms with van der Waals surface area (Å²) in [7, 11) is 1.99. The van der Waals surface area contributed by atoms with Crippen molar-refractivity contribution >= 4 is 51.1 Å². The summed E-state index contributed by atoms with van der Waals surface area (Å²) in [6, 6.07) is 0. The van der Waals surface area contributed by atoms with Gasteiger partial charge in [0, 0.05) is 19.3 Å². The number of thioether (sulfide) groups is 2. The molecule has 2 fully saturated rings. The summed E-state index contributed by atoms with van der Waals surface area (Å²) in [6.07, 6.45) is 1.92. The molecular weight excluding hydrogens is 316 g/mol. The number of hydrogen-bond donors (Lipinski definition) is 1. The van der Waals surface area contributed by atoms with Crippen molar-refractivity contribution in [3.05, 3.63) is 22.4 Å². The molecule has 2 aliphatic rings. The van der Waals surface area contributed by atoms with Crippen LogP contribution in [0.2, 0.25) is 0 Å². The Kier molecular flexibility index (Phi) is 4.77. The van der Waals surface area contributed by atoms with E-state index in [4.69, 9.17) is 17.3 Å². The Morgan fingerprint density at radius 2 is 2.25 bits per heavy atom. The molecule has 0 amide bonds. The summed E-state index contributed by atoms with van der Waals surface area (Å²) in [6.45, 7) is 2.51. The van der Waals surface area contributed by atoms with E-state index in [1.807, 2.05) is 20.0 Å². The van der Waals surface area contributed by atoms with Crippen LogP contribution >= 0.6 is 35.7 Å². The van der Waals surface area contributed by atoms with Crippen LogP contribution in [0.5, 0.6) is 0 Å². The van der Waals surface area contributed by atoms with Crippen LogP contribution in [-0.4, -0.2) is 56.2 Å². The van der Waals surface area contributed by atoms with E-state index in [2.05, 4.69) is 4.90 Å². The number of thiocarbonyl (C=S) groups is 1. The molecule has 2 heterocycles. The lowest BCUT2D eigenvalue weighted by atomic mass is 10.2. The number of carboxylic acids is 1. The Labute approximate surface area is 131 Å². The molecule has 108 valence electrons. The predicted molar refractivity (Wildman–Crippen MR) is 85.4 cm³/mol. The predicted octanol–water partition coefficient (Wildman–Crippen LogP) is 1.73. The molecule has 0 atom stereocenters. The van der Waals surface area contributed by atoms with E-state index in [-0.39, 0.29) is 11.7 Å². The van der Waals surface area contributed by atoms with Crippen LogP contribution in [-0.2, 0) is 9.59 Å². The summed E-state index contributed by atoms with van der Waals surface area (Å²) in [5.41, 5.74) is 1.13. The summed E-state index contributed by atoms with van der Waals surface area (Å²) in [4.78, 5) is 26.4. The standard InChI is InChI=1S/C12H14N2O3S3/c1-7(5-8-13(2)3-4-19-8)10-11(17)20-12(18)14(10)6-9(15)16/h5H,3-4,6H2,1-2H3,(H,15,16)/b8-5?,10-7-. The summed E-state index contributed by atoms with van der Waals surface area (Å²) in [5.74, 6) is 0.0122. The van der Waals surface area contributed by atoms with Gasteiger partial charge in [-0.25, -0.2) is 0 Å². The zero-order chi connectivity index (χ0) is 14.9. The number of carbonyl (C=O) groups is 2. The van der Waals surface area contributed by atoms with E-state index in [1.54, 1.807) is 11.8 Å². The monoisotopic (exact) mass is 330 g/mol. The van der Waals surface area contributed by atoms with Gasteiger partial charge in [0.05, 0.1) is 5.03 Å². The van der Waals surface area contributed by atoms with Crippen LogP contribution in [0.1, 0.15) is 6.92 Å². The lowest BCUT2D eigenvalue weighted by molar-refractivity contribution is -0.137. The molecular formula is C12H14N2O3S3. The highest BCUT2D eigenvalue weighted by atomic mass is 32.2. The second kappa shape index (κ2) is 6.19. The summed E-state index contributed by atoms with van der Waals surface area (Å²) >= 11 is 7.71. The molecule has 0 bridgehead atoms. The van der Waals surface area contributed by atoms with Crippen LogP contribution in [0, 0.1) is 0 Å². The van der Waals surface area contributed by atoms with Crippen molar-refractivity contribution in [2.24, 2.45) is 0 Å². The first-order chi connectivity index (χ1) is 9.40. The number of carbonyl (C=O) groups excluding carboxylic acids is 1. The van der Waals surface area contributed by atoms with Gasteiger partial charge < -0.3 is 14.9 Å². The third kappa shape index (κ3) is 3.18. The molecule has 0 spiro atoms. The number of nitrogens with zero attached hydrogens (tertiary/aromatic N) is 2. The van der Waals surface area contributed by atoms with Gasteiger partial charge in [-0.2, -0.15) is 0 Å². The second-order valence-corrected chi connectivity index (χ2v) is 7.14. The van der Waals surface area contributed by atoms with Gasteiger partial charge in [0.15, 0.2) is 0 Å². The van der Waals surface area contributed by atoms with Gasteiger partial charge in [0.2, 0.25) is 5.12 Å². The minimum atomic E-state index is -1.01. The fraction of sp³-hybridized carbons (Fsp3) is 0.417. The number of aliphatic carboxylic acids is 1. The zero-order valence-electron chi connectivity index (χ0n) is 11.1.